The molecule has 2 atom stereocenters. The van der Waals surface area contributed by atoms with Crippen LogP contribution in [0.1, 0.15) is 46.5 Å². The van der Waals surface area contributed by atoms with E-state index in [2.05, 4.69) is 0 Å². The zero-order valence-electron chi connectivity index (χ0n) is 11.6. The lowest BCUT2D eigenvalue weighted by Gasteiger charge is -2.31. The first-order valence-electron chi connectivity index (χ1n) is 6.57. The van der Waals surface area contributed by atoms with Crippen molar-refractivity contribution in [3.05, 3.63) is 0 Å². The van der Waals surface area contributed by atoms with Crippen molar-refractivity contribution in [1.29, 1.82) is 0 Å². The van der Waals surface area contributed by atoms with Gasteiger partial charge in [0, 0.05) is 0 Å². The van der Waals surface area contributed by atoms with E-state index in [-0.39, 0.29) is 5.92 Å². The number of halogens is 3. The smallest absolute Gasteiger partial charge is 0.404 e. The van der Waals surface area contributed by atoms with Crippen LogP contribution in [0, 0.1) is 11.8 Å². The molecular formula is C13H22F3NO2. The molecule has 1 aliphatic carbocycles. The molecule has 0 amide bonds. The van der Waals surface area contributed by atoms with Crippen molar-refractivity contribution in [3.8, 4) is 0 Å². The fourth-order valence-electron chi connectivity index (χ4n) is 2.52. The van der Waals surface area contributed by atoms with E-state index in [1.165, 1.54) is 0 Å². The highest BCUT2D eigenvalue weighted by atomic mass is 19.4. The molecule has 0 aromatic rings. The van der Waals surface area contributed by atoms with Crippen LogP contribution < -0.4 is 5.73 Å². The monoisotopic (exact) mass is 281 g/mol. The van der Waals surface area contributed by atoms with Crippen LogP contribution in [0.25, 0.3) is 0 Å². The third-order valence-corrected chi connectivity index (χ3v) is 3.35. The molecule has 6 heteroatoms. The summed E-state index contributed by atoms with van der Waals surface area (Å²) >= 11 is 0. The molecule has 0 aliphatic heterocycles. The second kappa shape index (κ2) is 5.69. The van der Waals surface area contributed by atoms with Crippen molar-refractivity contribution in [2.24, 2.45) is 17.6 Å². The zero-order valence-corrected chi connectivity index (χ0v) is 11.6. The summed E-state index contributed by atoms with van der Waals surface area (Å²) in [5, 5.41) is 0. The molecule has 0 heterocycles. The van der Waals surface area contributed by atoms with Gasteiger partial charge in [0.1, 0.15) is 11.6 Å². The van der Waals surface area contributed by atoms with Crippen molar-refractivity contribution in [1.82, 2.24) is 0 Å². The number of nitrogens with two attached hydrogens (primary N) is 1. The summed E-state index contributed by atoms with van der Waals surface area (Å²) in [6, 6.07) is -2.15. The SMILES string of the molecule is CC(C)(C)OC(=O)[C@H](C1CCCC1)[C@@H](N)C(F)(F)F. The Bertz CT molecular complexity index is 317. The number of rotatable bonds is 3. The van der Waals surface area contributed by atoms with Crippen molar-refractivity contribution in [2.45, 2.75) is 64.3 Å². The Morgan fingerprint density at radius 3 is 2.05 bits per heavy atom. The zero-order chi connectivity index (χ0) is 14.8. The van der Waals surface area contributed by atoms with Crippen LogP contribution in [0.5, 0.6) is 0 Å². The number of hydrogen-bond acceptors (Lipinski definition) is 3. The third-order valence-electron chi connectivity index (χ3n) is 3.35. The molecule has 0 spiro atoms. The molecule has 0 radical (unpaired) electrons. The normalized spacial score (nSPS) is 21.2. The van der Waals surface area contributed by atoms with E-state index in [4.69, 9.17) is 10.5 Å². The molecule has 1 fully saturated rings. The van der Waals surface area contributed by atoms with Gasteiger partial charge in [0.2, 0.25) is 0 Å². The van der Waals surface area contributed by atoms with Crippen LogP contribution in [0.2, 0.25) is 0 Å². The van der Waals surface area contributed by atoms with Gasteiger partial charge >= 0.3 is 12.1 Å². The Kier molecular flexibility index (Phi) is 4.87. The molecule has 1 aliphatic rings. The lowest BCUT2D eigenvalue weighted by molar-refractivity contribution is -0.187. The molecule has 0 unspecified atom stereocenters. The van der Waals surface area contributed by atoms with Gasteiger partial charge in [-0.1, -0.05) is 12.8 Å². The van der Waals surface area contributed by atoms with E-state index >= 15 is 0 Å². The molecule has 1 saturated carbocycles. The quantitative estimate of drug-likeness (QED) is 0.809. The van der Waals surface area contributed by atoms with Crippen LogP contribution in [0.3, 0.4) is 0 Å². The van der Waals surface area contributed by atoms with Gasteiger partial charge in [0.15, 0.2) is 0 Å². The summed E-state index contributed by atoms with van der Waals surface area (Å²) in [5.41, 5.74) is 4.46. The van der Waals surface area contributed by atoms with Gasteiger partial charge in [-0.05, 0) is 39.5 Å². The highest BCUT2D eigenvalue weighted by molar-refractivity contribution is 5.74. The molecule has 19 heavy (non-hydrogen) atoms. The van der Waals surface area contributed by atoms with E-state index in [9.17, 15) is 18.0 Å². The Hall–Kier alpha value is -0.780. The first-order valence-corrected chi connectivity index (χ1v) is 6.57. The van der Waals surface area contributed by atoms with Crippen LogP contribution in [0.15, 0.2) is 0 Å². The highest BCUT2D eigenvalue weighted by Crippen LogP contribution is 2.38. The van der Waals surface area contributed by atoms with Crippen LogP contribution in [-0.4, -0.2) is 23.8 Å². The predicted molar refractivity (Wildman–Crippen MR) is 65.3 cm³/mol. The number of carbonyl (C=O) groups is 1. The fraction of sp³-hybridized carbons (Fsp3) is 0.923. The predicted octanol–water partition coefficient (Wildman–Crippen LogP) is 3.02. The Morgan fingerprint density at radius 1 is 1.21 bits per heavy atom. The Morgan fingerprint density at radius 2 is 1.68 bits per heavy atom. The van der Waals surface area contributed by atoms with E-state index in [0.717, 1.165) is 12.8 Å². The minimum atomic E-state index is -4.58. The van der Waals surface area contributed by atoms with Gasteiger partial charge in [-0.25, -0.2) is 0 Å². The van der Waals surface area contributed by atoms with Gasteiger partial charge in [0.05, 0.1) is 5.92 Å². The molecule has 2 N–H and O–H groups in total. The van der Waals surface area contributed by atoms with Crippen LogP contribution in [0.4, 0.5) is 13.2 Å². The summed E-state index contributed by atoms with van der Waals surface area (Å²) in [6.45, 7) is 4.90. The van der Waals surface area contributed by atoms with Gasteiger partial charge in [0.25, 0.3) is 0 Å². The minimum absolute atomic E-state index is 0.327. The van der Waals surface area contributed by atoms with Crippen molar-refractivity contribution < 1.29 is 22.7 Å². The summed E-state index contributed by atoms with van der Waals surface area (Å²) in [7, 11) is 0. The maximum atomic E-state index is 12.8. The molecule has 0 bridgehead atoms. The van der Waals surface area contributed by atoms with Crippen LogP contribution >= 0.6 is 0 Å². The van der Waals surface area contributed by atoms with E-state index in [1.807, 2.05) is 0 Å². The maximum absolute atomic E-state index is 12.8. The second-order valence-corrected chi connectivity index (χ2v) is 6.17. The molecule has 112 valence electrons. The second-order valence-electron chi connectivity index (χ2n) is 6.17. The molecule has 0 saturated heterocycles. The molecule has 0 aromatic heterocycles. The van der Waals surface area contributed by atoms with Crippen molar-refractivity contribution in [3.63, 3.8) is 0 Å². The number of esters is 1. The maximum Gasteiger partial charge on any atom is 0.404 e. The van der Waals surface area contributed by atoms with E-state index < -0.39 is 29.7 Å². The largest absolute Gasteiger partial charge is 0.460 e. The molecule has 3 nitrogen and oxygen atoms in total. The lowest BCUT2D eigenvalue weighted by atomic mass is 9.84. The van der Waals surface area contributed by atoms with Gasteiger partial charge in [-0.2, -0.15) is 13.2 Å². The number of ether oxygens (including phenoxy) is 1. The number of carbonyl (C=O) groups excluding carboxylic acids is 1. The van der Waals surface area contributed by atoms with Crippen molar-refractivity contribution >= 4 is 5.97 Å². The standard InChI is InChI=1S/C13H22F3NO2/c1-12(2,3)19-11(18)9(8-6-4-5-7-8)10(17)13(14,15)16/h8-10H,4-7,17H2,1-3H3/t9-,10-/m1/s1. The first-order chi connectivity index (χ1) is 8.52. The van der Waals surface area contributed by atoms with Crippen molar-refractivity contribution in [2.75, 3.05) is 0 Å². The summed E-state index contributed by atoms with van der Waals surface area (Å²) in [6.07, 6.45) is -1.69. The van der Waals surface area contributed by atoms with Gasteiger partial charge < -0.3 is 10.5 Å². The average Bonchev–Trinajstić information content (AvgIpc) is 2.66. The highest BCUT2D eigenvalue weighted by Gasteiger charge is 2.49. The Balaban J connectivity index is 2.89. The van der Waals surface area contributed by atoms with Gasteiger partial charge in [-0.15, -0.1) is 0 Å². The lowest BCUT2D eigenvalue weighted by Crippen LogP contribution is -2.51. The average molecular weight is 281 g/mol. The minimum Gasteiger partial charge on any atom is -0.460 e. The number of hydrogen-bond donors (Lipinski definition) is 1. The fourth-order valence-corrected chi connectivity index (χ4v) is 2.52. The topological polar surface area (TPSA) is 52.3 Å². The van der Waals surface area contributed by atoms with Gasteiger partial charge in [-0.3, -0.25) is 4.79 Å². The van der Waals surface area contributed by atoms with E-state index in [0.29, 0.717) is 12.8 Å². The Labute approximate surface area is 111 Å². The van der Waals surface area contributed by atoms with Crippen LogP contribution in [-0.2, 0) is 9.53 Å². The third kappa shape index (κ3) is 4.67. The molecule has 1 rings (SSSR count). The summed E-state index contributed by atoms with van der Waals surface area (Å²) in [5.74, 6) is -2.45. The summed E-state index contributed by atoms with van der Waals surface area (Å²) < 4.78 is 43.5. The summed E-state index contributed by atoms with van der Waals surface area (Å²) in [4.78, 5) is 12.0. The molecular weight excluding hydrogens is 259 g/mol. The van der Waals surface area contributed by atoms with E-state index in [1.54, 1.807) is 20.8 Å². The molecule has 0 aromatic carbocycles. The first kappa shape index (κ1) is 16.3. The number of alkyl halides is 3.